The molecular formula is C11H12N4OS. The number of aromatic nitrogens is 3. The van der Waals surface area contributed by atoms with Crippen molar-refractivity contribution in [2.75, 3.05) is 0 Å². The largest absolute Gasteiger partial charge is 0.343 e. The molecule has 2 rings (SSSR count). The topological polar surface area (TPSA) is 67.8 Å². The summed E-state index contributed by atoms with van der Waals surface area (Å²) in [7, 11) is 0. The minimum Gasteiger partial charge on any atom is -0.343 e. The summed E-state index contributed by atoms with van der Waals surface area (Å²) in [6.07, 6.45) is 3.08. The van der Waals surface area contributed by atoms with Crippen molar-refractivity contribution in [3.8, 4) is 0 Å². The van der Waals surface area contributed by atoms with E-state index in [-0.39, 0.29) is 11.7 Å². The summed E-state index contributed by atoms with van der Waals surface area (Å²) >= 11 is 1.58. The van der Waals surface area contributed by atoms with Crippen molar-refractivity contribution in [1.29, 1.82) is 0 Å². The van der Waals surface area contributed by atoms with E-state index in [2.05, 4.69) is 20.3 Å². The summed E-state index contributed by atoms with van der Waals surface area (Å²) in [6.45, 7) is 4.38. The minimum atomic E-state index is -0.281. The molecule has 0 aromatic carbocycles. The maximum Gasteiger partial charge on any atom is 0.289 e. The van der Waals surface area contributed by atoms with E-state index in [1.54, 1.807) is 29.8 Å². The SMILES string of the molecule is Cc1nc(CNC(=O)c2ncccn2)sc1C. The number of amides is 1. The summed E-state index contributed by atoms with van der Waals surface area (Å²) in [6, 6.07) is 1.67. The molecule has 0 spiro atoms. The molecule has 5 nitrogen and oxygen atoms in total. The quantitative estimate of drug-likeness (QED) is 0.893. The van der Waals surface area contributed by atoms with Crippen molar-refractivity contribution < 1.29 is 4.79 Å². The molecule has 0 atom stereocenters. The standard InChI is InChI=1S/C11H12N4OS/c1-7-8(2)17-9(15-7)6-14-11(16)10-12-4-3-5-13-10/h3-5H,6H2,1-2H3,(H,14,16). The van der Waals surface area contributed by atoms with Crippen molar-refractivity contribution in [2.45, 2.75) is 20.4 Å². The molecular weight excluding hydrogens is 236 g/mol. The first-order valence-corrected chi connectivity index (χ1v) is 5.96. The van der Waals surface area contributed by atoms with Gasteiger partial charge >= 0.3 is 0 Å². The van der Waals surface area contributed by atoms with E-state index in [0.29, 0.717) is 6.54 Å². The van der Waals surface area contributed by atoms with Gasteiger partial charge in [0, 0.05) is 17.3 Å². The summed E-state index contributed by atoms with van der Waals surface area (Å²) < 4.78 is 0. The molecule has 2 aromatic heterocycles. The Hall–Kier alpha value is -1.82. The molecule has 0 aliphatic rings. The third kappa shape index (κ3) is 2.85. The highest BCUT2D eigenvalue weighted by Crippen LogP contribution is 2.15. The van der Waals surface area contributed by atoms with E-state index in [1.807, 2.05) is 13.8 Å². The molecule has 2 heterocycles. The first-order chi connectivity index (χ1) is 8.16. The Morgan fingerprint density at radius 1 is 1.35 bits per heavy atom. The normalized spacial score (nSPS) is 10.2. The zero-order chi connectivity index (χ0) is 12.3. The lowest BCUT2D eigenvalue weighted by atomic mass is 10.4. The van der Waals surface area contributed by atoms with Crippen LogP contribution in [-0.2, 0) is 6.54 Å². The van der Waals surface area contributed by atoms with Gasteiger partial charge in [0.05, 0.1) is 12.2 Å². The molecule has 0 saturated carbocycles. The van der Waals surface area contributed by atoms with Crippen molar-refractivity contribution in [1.82, 2.24) is 20.3 Å². The molecule has 1 N–H and O–H groups in total. The second-order valence-electron chi connectivity index (χ2n) is 3.50. The van der Waals surface area contributed by atoms with Gasteiger partial charge in [-0.05, 0) is 19.9 Å². The lowest BCUT2D eigenvalue weighted by molar-refractivity contribution is 0.0940. The fraction of sp³-hybridized carbons (Fsp3) is 0.273. The van der Waals surface area contributed by atoms with E-state index in [1.165, 1.54) is 4.88 Å². The zero-order valence-electron chi connectivity index (χ0n) is 9.60. The monoisotopic (exact) mass is 248 g/mol. The molecule has 0 unspecified atom stereocenters. The van der Waals surface area contributed by atoms with Gasteiger partial charge in [-0.15, -0.1) is 11.3 Å². The first kappa shape index (κ1) is 11.7. The van der Waals surface area contributed by atoms with Crippen LogP contribution in [0.5, 0.6) is 0 Å². The fourth-order valence-corrected chi connectivity index (χ4v) is 2.14. The minimum absolute atomic E-state index is 0.178. The Morgan fingerprint density at radius 3 is 2.65 bits per heavy atom. The molecule has 88 valence electrons. The summed E-state index contributed by atoms with van der Waals surface area (Å²) in [5.74, 6) is -0.103. The van der Waals surface area contributed by atoms with Crippen LogP contribution in [0.2, 0.25) is 0 Å². The van der Waals surface area contributed by atoms with Gasteiger partial charge in [0.25, 0.3) is 5.91 Å². The predicted octanol–water partition coefficient (Wildman–Crippen LogP) is 1.48. The van der Waals surface area contributed by atoms with Crippen LogP contribution in [0.25, 0.3) is 0 Å². The van der Waals surface area contributed by atoms with Crippen LogP contribution in [0.4, 0.5) is 0 Å². The van der Waals surface area contributed by atoms with Crippen molar-refractivity contribution in [3.05, 3.63) is 39.9 Å². The Bertz CT molecular complexity index is 504. The third-order valence-corrected chi connectivity index (χ3v) is 3.31. The number of nitrogens with zero attached hydrogens (tertiary/aromatic N) is 3. The molecule has 0 saturated heterocycles. The van der Waals surface area contributed by atoms with Gasteiger partial charge in [0.1, 0.15) is 5.01 Å². The predicted molar refractivity (Wildman–Crippen MR) is 64.8 cm³/mol. The number of hydrogen-bond donors (Lipinski definition) is 1. The van der Waals surface area contributed by atoms with Crippen LogP contribution in [0, 0.1) is 13.8 Å². The van der Waals surface area contributed by atoms with E-state index in [9.17, 15) is 4.79 Å². The van der Waals surface area contributed by atoms with E-state index >= 15 is 0 Å². The van der Waals surface area contributed by atoms with Gasteiger partial charge in [-0.2, -0.15) is 0 Å². The van der Waals surface area contributed by atoms with Crippen molar-refractivity contribution >= 4 is 17.2 Å². The van der Waals surface area contributed by atoms with Crippen LogP contribution in [0.1, 0.15) is 26.2 Å². The Balaban J connectivity index is 1.97. The molecule has 0 aliphatic heterocycles. The van der Waals surface area contributed by atoms with E-state index in [0.717, 1.165) is 10.7 Å². The van der Waals surface area contributed by atoms with Crippen LogP contribution in [0.3, 0.4) is 0 Å². The molecule has 0 bridgehead atoms. The molecule has 0 fully saturated rings. The summed E-state index contributed by atoms with van der Waals surface area (Å²) in [5, 5.41) is 3.63. The van der Waals surface area contributed by atoms with Crippen LogP contribution >= 0.6 is 11.3 Å². The van der Waals surface area contributed by atoms with Crippen LogP contribution < -0.4 is 5.32 Å². The van der Waals surface area contributed by atoms with E-state index < -0.39 is 0 Å². The highest BCUT2D eigenvalue weighted by Gasteiger charge is 2.09. The van der Waals surface area contributed by atoms with E-state index in [4.69, 9.17) is 0 Å². The van der Waals surface area contributed by atoms with Crippen molar-refractivity contribution in [3.63, 3.8) is 0 Å². The maximum absolute atomic E-state index is 11.7. The number of carbonyl (C=O) groups excluding carboxylic acids is 1. The first-order valence-electron chi connectivity index (χ1n) is 5.15. The average Bonchev–Trinajstić information content (AvgIpc) is 2.67. The van der Waals surface area contributed by atoms with Crippen molar-refractivity contribution in [2.24, 2.45) is 0 Å². The number of rotatable bonds is 3. The smallest absolute Gasteiger partial charge is 0.289 e. The highest BCUT2D eigenvalue weighted by molar-refractivity contribution is 7.11. The Morgan fingerprint density at radius 2 is 2.06 bits per heavy atom. The number of carbonyl (C=O) groups is 1. The Labute approximate surface area is 103 Å². The van der Waals surface area contributed by atoms with Gasteiger partial charge in [0.2, 0.25) is 5.82 Å². The van der Waals surface area contributed by atoms with Crippen LogP contribution in [0.15, 0.2) is 18.5 Å². The van der Waals surface area contributed by atoms with Crippen LogP contribution in [-0.4, -0.2) is 20.9 Å². The molecule has 0 aliphatic carbocycles. The second kappa shape index (κ2) is 5.01. The number of aryl methyl sites for hydroxylation is 2. The lowest BCUT2D eigenvalue weighted by Gasteiger charge is -2.00. The lowest BCUT2D eigenvalue weighted by Crippen LogP contribution is -2.24. The molecule has 0 radical (unpaired) electrons. The zero-order valence-corrected chi connectivity index (χ0v) is 10.4. The molecule has 1 amide bonds. The van der Waals surface area contributed by atoms with Gasteiger partial charge in [-0.3, -0.25) is 4.79 Å². The Kier molecular flexibility index (Phi) is 3.43. The summed E-state index contributed by atoms with van der Waals surface area (Å²) in [4.78, 5) is 24.9. The molecule has 17 heavy (non-hydrogen) atoms. The fourth-order valence-electron chi connectivity index (χ4n) is 1.27. The summed E-state index contributed by atoms with van der Waals surface area (Å²) in [5.41, 5.74) is 1.01. The third-order valence-electron chi connectivity index (χ3n) is 2.24. The second-order valence-corrected chi connectivity index (χ2v) is 4.79. The number of nitrogens with one attached hydrogen (secondary N) is 1. The van der Waals surface area contributed by atoms with Gasteiger partial charge in [-0.1, -0.05) is 0 Å². The number of thiazole rings is 1. The molecule has 6 heteroatoms. The number of hydrogen-bond acceptors (Lipinski definition) is 5. The van der Waals surface area contributed by atoms with Gasteiger partial charge in [0.15, 0.2) is 0 Å². The maximum atomic E-state index is 11.7. The molecule has 2 aromatic rings. The van der Waals surface area contributed by atoms with Gasteiger partial charge < -0.3 is 5.32 Å². The average molecular weight is 248 g/mol. The highest BCUT2D eigenvalue weighted by atomic mass is 32.1. The van der Waals surface area contributed by atoms with Gasteiger partial charge in [-0.25, -0.2) is 15.0 Å².